The van der Waals surface area contributed by atoms with Crippen molar-refractivity contribution in [2.45, 2.75) is 11.4 Å². The highest BCUT2D eigenvalue weighted by Crippen LogP contribution is 2.28. The highest BCUT2D eigenvalue weighted by atomic mass is 32.2. The van der Waals surface area contributed by atoms with Gasteiger partial charge in [0.05, 0.1) is 31.8 Å². The monoisotopic (exact) mass is 379 g/mol. The van der Waals surface area contributed by atoms with E-state index in [1.807, 2.05) is 0 Å². The Kier molecular flexibility index (Phi) is 6.23. The Hall–Kier alpha value is -2.58. The van der Waals surface area contributed by atoms with Crippen molar-refractivity contribution in [2.75, 3.05) is 28.4 Å². The lowest BCUT2D eigenvalue weighted by Gasteiger charge is -2.18. The molecule has 26 heavy (non-hydrogen) atoms. The van der Waals surface area contributed by atoms with Crippen LogP contribution >= 0.6 is 0 Å². The molecule has 0 fully saturated rings. The standard InChI is InChI=1S/C18H21NO6S/c1-19(12-13-5-10-16(23-2)17(11-13)24-3)26(21,22)15-8-6-14(7-9-15)18(20)25-4/h5-11H,12H2,1-4H3. The van der Waals surface area contributed by atoms with Gasteiger partial charge in [-0.05, 0) is 42.0 Å². The Morgan fingerprint density at radius 1 is 0.962 bits per heavy atom. The molecule has 7 nitrogen and oxygen atoms in total. The van der Waals surface area contributed by atoms with Crippen LogP contribution < -0.4 is 9.47 Å². The molecule has 0 unspecified atom stereocenters. The predicted octanol–water partition coefficient (Wildman–Crippen LogP) is 2.31. The van der Waals surface area contributed by atoms with Crippen LogP contribution in [0.3, 0.4) is 0 Å². The molecule has 0 radical (unpaired) electrons. The SMILES string of the molecule is COC(=O)c1ccc(S(=O)(=O)N(C)Cc2ccc(OC)c(OC)c2)cc1. The van der Waals surface area contributed by atoms with E-state index in [0.717, 1.165) is 5.56 Å². The fraction of sp³-hybridized carbons (Fsp3) is 0.278. The van der Waals surface area contributed by atoms with Gasteiger partial charge < -0.3 is 14.2 Å². The fourth-order valence-corrected chi connectivity index (χ4v) is 3.54. The second-order valence-corrected chi connectivity index (χ2v) is 7.51. The van der Waals surface area contributed by atoms with Crippen LogP contribution in [0.4, 0.5) is 0 Å². The summed E-state index contributed by atoms with van der Waals surface area (Å²) in [7, 11) is 2.09. The van der Waals surface area contributed by atoms with Crippen LogP contribution in [-0.2, 0) is 21.3 Å². The van der Waals surface area contributed by atoms with Crippen LogP contribution in [-0.4, -0.2) is 47.1 Å². The second kappa shape index (κ2) is 8.20. The molecular formula is C18H21NO6S. The van der Waals surface area contributed by atoms with Gasteiger partial charge >= 0.3 is 5.97 Å². The Morgan fingerprint density at radius 3 is 2.12 bits per heavy atom. The molecule has 8 heteroatoms. The van der Waals surface area contributed by atoms with Crippen molar-refractivity contribution in [1.82, 2.24) is 4.31 Å². The topological polar surface area (TPSA) is 82.1 Å². The minimum Gasteiger partial charge on any atom is -0.493 e. The third-order valence-corrected chi connectivity index (χ3v) is 5.65. The van der Waals surface area contributed by atoms with Crippen molar-refractivity contribution in [3.05, 3.63) is 53.6 Å². The van der Waals surface area contributed by atoms with E-state index in [1.165, 1.54) is 56.9 Å². The number of benzene rings is 2. The number of methoxy groups -OCH3 is 3. The summed E-state index contributed by atoms with van der Waals surface area (Å²) in [5.41, 5.74) is 1.04. The van der Waals surface area contributed by atoms with Gasteiger partial charge in [0, 0.05) is 13.6 Å². The zero-order valence-corrected chi connectivity index (χ0v) is 15.9. The summed E-state index contributed by atoms with van der Waals surface area (Å²) in [4.78, 5) is 11.5. The molecule has 0 N–H and O–H groups in total. The molecule has 0 aromatic heterocycles. The van der Waals surface area contributed by atoms with Gasteiger partial charge in [-0.15, -0.1) is 0 Å². The third kappa shape index (κ3) is 4.14. The van der Waals surface area contributed by atoms with Crippen molar-refractivity contribution in [2.24, 2.45) is 0 Å². The number of sulfonamides is 1. The summed E-state index contributed by atoms with van der Waals surface area (Å²) >= 11 is 0. The first-order valence-electron chi connectivity index (χ1n) is 7.69. The van der Waals surface area contributed by atoms with Crippen LogP contribution in [0.15, 0.2) is 47.4 Å². The van der Waals surface area contributed by atoms with E-state index >= 15 is 0 Å². The Balaban J connectivity index is 2.22. The smallest absolute Gasteiger partial charge is 0.337 e. The molecule has 0 aliphatic carbocycles. The molecule has 0 aliphatic rings. The lowest BCUT2D eigenvalue weighted by Crippen LogP contribution is -2.26. The van der Waals surface area contributed by atoms with Crippen LogP contribution in [0.2, 0.25) is 0 Å². The molecule has 0 heterocycles. The lowest BCUT2D eigenvalue weighted by atomic mass is 10.2. The largest absolute Gasteiger partial charge is 0.493 e. The van der Waals surface area contributed by atoms with Crippen LogP contribution in [0, 0.1) is 0 Å². The average Bonchev–Trinajstić information content (AvgIpc) is 2.67. The molecule has 2 rings (SSSR count). The summed E-state index contributed by atoms with van der Waals surface area (Å²) in [6.45, 7) is 0.154. The van der Waals surface area contributed by atoms with Gasteiger partial charge in [-0.2, -0.15) is 4.31 Å². The second-order valence-electron chi connectivity index (χ2n) is 5.47. The van der Waals surface area contributed by atoms with E-state index in [1.54, 1.807) is 18.2 Å². The molecule has 0 saturated carbocycles. The van der Waals surface area contributed by atoms with Gasteiger partial charge in [0.15, 0.2) is 11.5 Å². The molecule has 2 aromatic rings. The van der Waals surface area contributed by atoms with Crippen molar-refractivity contribution < 1.29 is 27.4 Å². The van der Waals surface area contributed by atoms with E-state index < -0.39 is 16.0 Å². The predicted molar refractivity (Wildman–Crippen MR) is 96.0 cm³/mol. The molecule has 0 saturated heterocycles. The van der Waals surface area contributed by atoms with Crippen molar-refractivity contribution in [3.8, 4) is 11.5 Å². The Bertz CT molecular complexity index is 877. The summed E-state index contributed by atoms with van der Waals surface area (Å²) in [6, 6.07) is 10.8. The van der Waals surface area contributed by atoms with E-state index in [2.05, 4.69) is 4.74 Å². The van der Waals surface area contributed by atoms with E-state index in [4.69, 9.17) is 9.47 Å². The highest BCUT2D eigenvalue weighted by Gasteiger charge is 2.22. The maximum Gasteiger partial charge on any atom is 0.337 e. The van der Waals surface area contributed by atoms with E-state index in [0.29, 0.717) is 11.5 Å². The molecule has 0 amide bonds. The number of hydrogen-bond donors (Lipinski definition) is 0. The minimum absolute atomic E-state index is 0.0909. The molecular weight excluding hydrogens is 358 g/mol. The average molecular weight is 379 g/mol. The summed E-state index contributed by atoms with van der Waals surface area (Å²) in [5, 5.41) is 0. The molecule has 0 atom stereocenters. The normalized spacial score (nSPS) is 11.3. The number of ether oxygens (including phenoxy) is 3. The zero-order valence-electron chi connectivity index (χ0n) is 15.1. The van der Waals surface area contributed by atoms with E-state index in [-0.39, 0.29) is 17.0 Å². The zero-order chi connectivity index (χ0) is 19.3. The molecule has 0 bridgehead atoms. The first-order chi connectivity index (χ1) is 12.3. The number of esters is 1. The summed E-state index contributed by atoms with van der Waals surface area (Å²) < 4.78 is 41.7. The number of carbonyl (C=O) groups is 1. The molecule has 2 aromatic carbocycles. The minimum atomic E-state index is -3.71. The van der Waals surface area contributed by atoms with Crippen LogP contribution in [0.25, 0.3) is 0 Å². The van der Waals surface area contributed by atoms with Crippen LogP contribution in [0.1, 0.15) is 15.9 Å². The van der Waals surface area contributed by atoms with Gasteiger partial charge in [0.1, 0.15) is 0 Å². The quantitative estimate of drug-likeness (QED) is 0.687. The first-order valence-corrected chi connectivity index (χ1v) is 9.13. The van der Waals surface area contributed by atoms with Gasteiger partial charge in [0.2, 0.25) is 10.0 Å². The Labute approximate surface area is 153 Å². The van der Waals surface area contributed by atoms with E-state index in [9.17, 15) is 13.2 Å². The van der Waals surface area contributed by atoms with Crippen molar-refractivity contribution in [1.29, 1.82) is 0 Å². The summed E-state index contributed by atoms with van der Waals surface area (Å²) in [6.07, 6.45) is 0. The third-order valence-electron chi connectivity index (χ3n) is 3.84. The lowest BCUT2D eigenvalue weighted by molar-refractivity contribution is 0.0600. The maximum absolute atomic E-state index is 12.7. The fourth-order valence-electron chi connectivity index (χ4n) is 2.38. The molecule has 140 valence electrons. The van der Waals surface area contributed by atoms with Gasteiger partial charge in [-0.3, -0.25) is 0 Å². The summed E-state index contributed by atoms with van der Waals surface area (Å²) in [5.74, 6) is 0.575. The van der Waals surface area contributed by atoms with Crippen molar-refractivity contribution >= 4 is 16.0 Å². The number of hydrogen-bond acceptors (Lipinski definition) is 6. The maximum atomic E-state index is 12.7. The Morgan fingerprint density at radius 2 is 1.58 bits per heavy atom. The van der Waals surface area contributed by atoms with Crippen LogP contribution in [0.5, 0.6) is 11.5 Å². The number of nitrogens with zero attached hydrogens (tertiary/aromatic N) is 1. The van der Waals surface area contributed by atoms with Gasteiger partial charge in [0.25, 0.3) is 0 Å². The number of carbonyl (C=O) groups excluding carboxylic acids is 1. The van der Waals surface area contributed by atoms with Crippen molar-refractivity contribution in [3.63, 3.8) is 0 Å². The van der Waals surface area contributed by atoms with Gasteiger partial charge in [-0.1, -0.05) is 6.07 Å². The highest BCUT2D eigenvalue weighted by molar-refractivity contribution is 7.89. The number of rotatable bonds is 7. The molecule has 0 aliphatic heterocycles. The van der Waals surface area contributed by atoms with Gasteiger partial charge in [-0.25, -0.2) is 13.2 Å². The molecule has 0 spiro atoms. The first kappa shape index (κ1) is 19.7.